The Morgan fingerprint density at radius 3 is 2.05 bits per heavy atom. The second-order valence-electron chi connectivity index (χ2n) is 13.1. The Labute approximate surface area is 267 Å². The van der Waals surface area contributed by atoms with Crippen molar-refractivity contribution in [2.24, 2.45) is 0 Å². The van der Waals surface area contributed by atoms with Crippen molar-refractivity contribution in [3.8, 4) is 16.9 Å². The summed E-state index contributed by atoms with van der Waals surface area (Å²) in [6, 6.07) is 23.6. The number of H-pyrrole nitrogens is 2. The highest BCUT2D eigenvalue weighted by molar-refractivity contribution is 9.10. The molecule has 2 aliphatic heterocycles. The second kappa shape index (κ2) is 9.16. The van der Waals surface area contributed by atoms with Gasteiger partial charge in [-0.1, -0.05) is 65.6 Å². The molecule has 6 aromatic rings. The van der Waals surface area contributed by atoms with Gasteiger partial charge in [-0.2, -0.15) is 0 Å². The van der Waals surface area contributed by atoms with Crippen LogP contribution in [-0.2, 0) is 10.8 Å². The summed E-state index contributed by atoms with van der Waals surface area (Å²) < 4.78 is 2.16. The fourth-order valence-electron chi connectivity index (χ4n) is 7.52. The molecule has 4 heterocycles. The molecule has 216 valence electrons. The monoisotopic (exact) mass is 694 g/mol. The number of benzene rings is 4. The number of halogens is 2. The molecular weight excluding hydrogens is 664 g/mol. The first kappa shape index (κ1) is 26.9. The summed E-state index contributed by atoms with van der Waals surface area (Å²) in [4.78, 5) is 7.03. The van der Waals surface area contributed by atoms with Crippen LogP contribution >= 0.6 is 31.9 Å². The van der Waals surface area contributed by atoms with Crippen molar-refractivity contribution in [3.05, 3.63) is 110 Å². The molecule has 7 heteroatoms. The lowest BCUT2D eigenvalue weighted by Gasteiger charge is -2.28. The van der Waals surface area contributed by atoms with E-state index in [1.807, 2.05) is 6.07 Å². The molecule has 0 saturated carbocycles. The van der Waals surface area contributed by atoms with E-state index in [0.29, 0.717) is 0 Å². The summed E-state index contributed by atoms with van der Waals surface area (Å²) in [5.74, 6) is 0.269. The van der Waals surface area contributed by atoms with E-state index in [-0.39, 0.29) is 28.7 Å². The van der Waals surface area contributed by atoms with Gasteiger partial charge in [0.05, 0.1) is 17.6 Å². The van der Waals surface area contributed by atoms with Crippen molar-refractivity contribution < 1.29 is 5.11 Å². The third-order valence-electron chi connectivity index (χ3n) is 9.85. The molecule has 5 nitrogen and oxygen atoms in total. The minimum Gasteiger partial charge on any atom is -0.508 e. The van der Waals surface area contributed by atoms with E-state index in [2.05, 4.69) is 141 Å². The van der Waals surface area contributed by atoms with Crippen LogP contribution in [0.2, 0.25) is 0 Å². The maximum Gasteiger partial charge on any atom is 0.117 e. The summed E-state index contributed by atoms with van der Waals surface area (Å²) in [5.41, 5.74) is 11.6. The fraction of sp³-hybridized carbons (Fsp3) is 0.222. The van der Waals surface area contributed by atoms with Crippen molar-refractivity contribution in [2.45, 2.75) is 50.6 Å². The van der Waals surface area contributed by atoms with E-state index in [9.17, 15) is 5.11 Å². The molecule has 0 amide bonds. The summed E-state index contributed by atoms with van der Waals surface area (Å²) in [6.45, 7) is 9.27. The third kappa shape index (κ3) is 3.94. The van der Waals surface area contributed by atoms with Gasteiger partial charge in [0.2, 0.25) is 0 Å². The SMILES string of the molecule is CC1(C)c2cc(-c3cc(Br)cc4c(C5Nc6ccc(Br)cc6C5(C)C)c[nH]c34)ccc2NC1c1c[nH]c2cc(O)ccc12. The van der Waals surface area contributed by atoms with Crippen LogP contribution in [0.4, 0.5) is 11.4 Å². The molecule has 2 unspecified atom stereocenters. The van der Waals surface area contributed by atoms with Gasteiger partial charge in [-0.3, -0.25) is 0 Å². The number of aromatic hydroxyl groups is 1. The normalized spacial score (nSPS) is 19.8. The zero-order valence-corrected chi connectivity index (χ0v) is 27.5. The number of aromatic nitrogens is 2. The minimum absolute atomic E-state index is 0.0872. The van der Waals surface area contributed by atoms with Crippen LogP contribution in [-0.4, -0.2) is 15.1 Å². The molecule has 0 saturated heterocycles. The molecule has 8 rings (SSSR count). The number of hydrogen-bond acceptors (Lipinski definition) is 3. The fourth-order valence-corrected chi connectivity index (χ4v) is 8.34. The molecule has 43 heavy (non-hydrogen) atoms. The third-order valence-corrected chi connectivity index (χ3v) is 10.8. The number of phenolic OH excluding ortho intramolecular Hbond substituents is 1. The maximum atomic E-state index is 9.98. The average Bonchev–Trinajstić information content (AvgIpc) is 3.69. The highest BCUT2D eigenvalue weighted by Gasteiger charge is 2.43. The highest BCUT2D eigenvalue weighted by atomic mass is 79.9. The van der Waals surface area contributed by atoms with Crippen LogP contribution in [0.3, 0.4) is 0 Å². The van der Waals surface area contributed by atoms with Gasteiger partial charge in [0, 0.05) is 82.6 Å². The van der Waals surface area contributed by atoms with Crippen LogP contribution in [0.1, 0.15) is 62.0 Å². The molecule has 2 aliphatic rings. The Morgan fingerprint density at radius 2 is 1.30 bits per heavy atom. The van der Waals surface area contributed by atoms with Crippen LogP contribution in [0.15, 0.2) is 88.1 Å². The predicted molar refractivity (Wildman–Crippen MR) is 184 cm³/mol. The van der Waals surface area contributed by atoms with Gasteiger partial charge in [0.15, 0.2) is 0 Å². The molecule has 0 fully saturated rings. The van der Waals surface area contributed by atoms with Gasteiger partial charge in [-0.25, -0.2) is 0 Å². The molecular formula is C36H32Br2N4O. The van der Waals surface area contributed by atoms with Crippen LogP contribution in [0.5, 0.6) is 5.75 Å². The Balaban J connectivity index is 1.20. The maximum absolute atomic E-state index is 9.98. The number of phenols is 1. The quantitative estimate of drug-likeness (QED) is 0.128. The number of rotatable bonds is 3. The van der Waals surface area contributed by atoms with Crippen molar-refractivity contribution >= 4 is 65.0 Å². The van der Waals surface area contributed by atoms with Gasteiger partial charge in [-0.15, -0.1) is 0 Å². The number of anilines is 2. The van der Waals surface area contributed by atoms with E-state index in [1.165, 1.54) is 44.5 Å². The van der Waals surface area contributed by atoms with Crippen molar-refractivity contribution in [3.63, 3.8) is 0 Å². The van der Waals surface area contributed by atoms with Crippen LogP contribution in [0, 0.1) is 0 Å². The Kier molecular flexibility index (Phi) is 5.73. The Morgan fingerprint density at radius 1 is 0.651 bits per heavy atom. The predicted octanol–water partition coefficient (Wildman–Crippen LogP) is 10.4. The Bertz CT molecular complexity index is 2100. The smallest absolute Gasteiger partial charge is 0.117 e. The van der Waals surface area contributed by atoms with E-state index in [0.717, 1.165) is 31.1 Å². The molecule has 2 atom stereocenters. The lowest BCUT2D eigenvalue weighted by molar-refractivity contribution is 0.475. The highest BCUT2D eigenvalue weighted by Crippen LogP contribution is 2.53. The van der Waals surface area contributed by atoms with Crippen molar-refractivity contribution in [2.75, 3.05) is 10.6 Å². The second-order valence-corrected chi connectivity index (χ2v) is 15.0. The molecule has 5 N–H and O–H groups in total. The topological polar surface area (TPSA) is 75.9 Å². The number of hydrogen-bond donors (Lipinski definition) is 5. The largest absolute Gasteiger partial charge is 0.508 e. The summed E-state index contributed by atoms with van der Waals surface area (Å²) in [6.07, 6.45) is 4.26. The molecule has 0 spiro atoms. The van der Waals surface area contributed by atoms with Gasteiger partial charge in [0.1, 0.15) is 5.75 Å². The first-order valence-corrected chi connectivity index (χ1v) is 16.2. The molecule has 4 aromatic carbocycles. The standard InChI is InChI=1S/C36H32Br2N4O/c1-35(2)27-11-18(5-9-29(27)41-33(35)25-16-39-31-15-21(43)7-8-22(25)31)23-12-20(38)13-24-26(17-40-32(23)24)34-36(3,4)28-14-19(37)6-10-30(28)42-34/h5-17,33-34,39-43H,1-4H3. The van der Waals surface area contributed by atoms with Gasteiger partial charge in [-0.05, 0) is 71.3 Å². The Hall–Kier alpha value is -3.68. The van der Waals surface area contributed by atoms with E-state index in [4.69, 9.17) is 0 Å². The van der Waals surface area contributed by atoms with Gasteiger partial charge >= 0.3 is 0 Å². The number of nitrogens with one attached hydrogen (secondary N) is 4. The van der Waals surface area contributed by atoms with Gasteiger partial charge in [0.25, 0.3) is 0 Å². The zero-order chi connectivity index (χ0) is 29.8. The molecule has 0 aliphatic carbocycles. The number of fused-ring (bicyclic) bond motifs is 4. The molecule has 2 aromatic heterocycles. The van der Waals surface area contributed by atoms with Crippen molar-refractivity contribution in [1.82, 2.24) is 9.97 Å². The summed E-state index contributed by atoms with van der Waals surface area (Å²) in [7, 11) is 0. The van der Waals surface area contributed by atoms with Crippen LogP contribution < -0.4 is 10.6 Å². The molecule has 0 radical (unpaired) electrons. The lowest BCUT2D eigenvalue weighted by Crippen LogP contribution is -2.25. The minimum atomic E-state index is -0.164. The first-order valence-electron chi connectivity index (χ1n) is 14.6. The van der Waals surface area contributed by atoms with E-state index < -0.39 is 0 Å². The van der Waals surface area contributed by atoms with Gasteiger partial charge < -0.3 is 25.7 Å². The van der Waals surface area contributed by atoms with Crippen LogP contribution in [0.25, 0.3) is 32.9 Å². The first-order chi connectivity index (χ1) is 20.5. The van der Waals surface area contributed by atoms with Crippen molar-refractivity contribution in [1.29, 1.82) is 0 Å². The summed E-state index contributed by atoms with van der Waals surface area (Å²) in [5, 5.41) is 20.0. The van der Waals surface area contributed by atoms with E-state index in [1.54, 1.807) is 12.1 Å². The zero-order valence-electron chi connectivity index (χ0n) is 24.4. The lowest BCUT2D eigenvalue weighted by atomic mass is 9.77. The summed E-state index contributed by atoms with van der Waals surface area (Å²) >= 11 is 7.52. The van der Waals surface area contributed by atoms with E-state index >= 15 is 0 Å². The average molecular weight is 696 g/mol. The number of aromatic amines is 2. The molecule has 0 bridgehead atoms.